The summed E-state index contributed by atoms with van der Waals surface area (Å²) >= 11 is 3.11. The van der Waals surface area contributed by atoms with Gasteiger partial charge in [-0.2, -0.15) is 0 Å². The van der Waals surface area contributed by atoms with Gasteiger partial charge in [0.2, 0.25) is 10.0 Å². The number of halogens is 2. The molecule has 0 aliphatic carbocycles. The Labute approximate surface area is 135 Å². The van der Waals surface area contributed by atoms with Crippen molar-refractivity contribution in [2.75, 3.05) is 5.32 Å². The second-order valence-electron chi connectivity index (χ2n) is 4.62. The van der Waals surface area contributed by atoms with Crippen LogP contribution >= 0.6 is 15.9 Å². The standard InChI is InChI=1S/C14H12BrFN2O3S/c15-11-5-10(6-12(16)7-11)14(19)18-13-3-1-2-9(4-13)8-22(17,20)21/h1-7H,8H2,(H,18,19)(H2,17,20,21). The van der Waals surface area contributed by atoms with Crippen molar-refractivity contribution in [3.05, 3.63) is 63.9 Å². The minimum absolute atomic E-state index is 0.142. The number of rotatable bonds is 4. The summed E-state index contributed by atoms with van der Waals surface area (Å²) in [5.74, 6) is -1.38. The molecule has 0 heterocycles. The van der Waals surface area contributed by atoms with E-state index in [1.807, 2.05) is 0 Å². The van der Waals surface area contributed by atoms with Gasteiger partial charge in [-0.15, -0.1) is 0 Å². The molecule has 0 saturated carbocycles. The minimum atomic E-state index is -3.65. The van der Waals surface area contributed by atoms with Crippen LogP contribution in [0, 0.1) is 5.82 Å². The number of anilines is 1. The van der Waals surface area contributed by atoms with E-state index < -0.39 is 21.7 Å². The van der Waals surface area contributed by atoms with E-state index in [2.05, 4.69) is 21.2 Å². The highest BCUT2D eigenvalue weighted by Gasteiger charge is 2.10. The second kappa shape index (κ2) is 6.55. The number of primary sulfonamides is 1. The maximum atomic E-state index is 13.3. The molecule has 1 amide bonds. The Morgan fingerprint density at radius 2 is 1.95 bits per heavy atom. The van der Waals surface area contributed by atoms with Gasteiger partial charge in [0.05, 0.1) is 5.75 Å². The topological polar surface area (TPSA) is 89.3 Å². The summed E-state index contributed by atoms with van der Waals surface area (Å²) in [6.07, 6.45) is 0. The van der Waals surface area contributed by atoms with Crippen LogP contribution in [0.4, 0.5) is 10.1 Å². The van der Waals surface area contributed by atoms with Crippen molar-refractivity contribution < 1.29 is 17.6 Å². The number of hydrogen-bond acceptors (Lipinski definition) is 3. The van der Waals surface area contributed by atoms with Crippen LogP contribution in [0.5, 0.6) is 0 Å². The maximum Gasteiger partial charge on any atom is 0.255 e. The summed E-state index contributed by atoms with van der Waals surface area (Å²) in [5, 5.41) is 7.56. The highest BCUT2D eigenvalue weighted by molar-refractivity contribution is 9.10. The van der Waals surface area contributed by atoms with Crippen molar-refractivity contribution in [1.29, 1.82) is 0 Å². The molecule has 0 fully saturated rings. The summed E-state index contributed by atoms with van der Waals surface area (Å²) < 4.78 is 35.9. The molecule has 5 nitrogen and oxygen atoms in total. The van der Waals surface area contributed by atoms with E-state index in [1.54, 1.807) is 18.2 Å². The Bertz CT molecular complexity index is 804. The first-order chi connectivity index (χ1) is 10.2. The molecule has 0 saturated heterocycles. The van der Waals surface area contributed by atoms with Crippen molar-refractivity contribution in [3.8, 4) is 0 Å². The lowest BCUT2D eigenvalue weighted by Gasteiger charge is -2.08. The third-order valence-corrected chi connectivity index (χ3v) is 3.87. The number of carbonyl (C=O) groups excluding carboxylic acids is 1. The zero-order valence-electron chi connectivity index (χ0n) is 11.2. The van der Waals surface area contributed by atoms with Crippen LogP contribution in [0.2, 0.25) is 0 Å². The molecule has 3 N–H and O–H groups in total. The molecule has 22 heavy (non-hydrogen) atoms. The van der Waals surface area contributed by atoms with Crippen LogP contribution in [-0.2, 0) is 15.8 Å². The molecular weight excluding hydrogens is 375 g/mol. The lowest BCUT2D eigenvalue weighted by molar-refractivity contribution is 0.102. The molecule has 2 aromatic carbocycles. The van der Waals surface area contributed by atoms with Gasteiger partial charge in [-0.25, -0.2) is 17.9 Å². The van der Waals surface area contributed by atoms with Gasteiger partial charge in [0.1, 0.15) is 5.82 Å². The zero-order chi connectivity index (χ0) is 16.3. The zero-order valence-corrected chi connectivity index (χ0v) is 13.6. The monoisotopic (exact) mass is 386 g/mol. The summed E-state index contributed by atoms with van der Waals surface area (Å²) in [6.45, 7) is 0. The highest BCUT2D eigenvalue weighted by atomic mass is 79.9. The number of nitrogens with one attached hydrogen (secondary N) is 1. The molecule has 2 aromatic rings. The Kier molecular flexibility index (Phi) is 4.94. The van der Waals surface area contributed by atoms with E-state index in [9.17, 15) is 17.6 Å². The van der Waals surface area contributed by atoms with E-state index in [4.69, 9.17) is 5.14 Å². The summed E-state index contributed by atoms with van der Waals surface area (Å²) in [5.41, 5.74) is 0.982. The Balaban J connectivity index is 2.20. The predicted octanol–water partition coefficient (Wildman–Crippen LogP) is 2.63. The number of benzene rings is 2. The molecule has 2 rings (SSSR count). The van der Waals surface area contributed by atoms with E-state index in [0.29, 0.717) is 15.7 Å². The van der Waals surface area contributed by atoms with Gasteiger partial charge in [-0.05, 0) is 35.9 Å². The van der Waals surface area contributed by atoms with Gasteiger partial charge in [-0.3, -0.25) is 4.79 Å². The van der Waals surface area contributed by atoms with Crippen molar-refractivity contribution >= 4 is 37.5 Å². The fraction of sp³-hybridized carbons (Fsp3) is 0.0714. The van der Waals surface area contributed by atoms with Crippen molar-refractivity contribution in [2.24, 2.45) is 5.14 Å². The lowest BCUT2D eigenvalue weighted by atomic mass is 10.2. The third kappa shape index (κ3) is 4.90. The fourth-order valence-corrected chi connectivity index (χ4v) is 2.97. The second-order valence-corrected chi connectivity index (χ2v) is 7.15. The van der Waals surface area contributed by atoms with Gasteiger partial charge >= 0.3 is 0 Å². The summed E-state index contributed by atoms with van der Waals surface area (Å²) in [7, 11) is -3.65. The molecule has 0 aliphatic heterocycles. The fourth-order valence-electron chi connectivity index (χ4n) is 1.86. The SMILES string of the molecule is NS(=O)(=O)Cc1cccc(NC(=O)c2cc(F)cc(Br)c2)c1. The molecule has 0 aromatic heterocycles. The number of sulfonamides is 1. The molecule has 0 unspecified atom stereocenters. The largest absolute Gasteiger partial charge is 0.322 e. The third-order valence-electron chi connectivity index (χ3n) is 2.68. The van der Waals surface area contributed by atoms with Crippen LogP contribution < -0.4 is 10.5 Å². The first-order valence-electron chi connectivity index (χ1n) is 6.10. The van der Waals surface area contributed by atoms with Crippen molar-refractivity contribution in [3.63, 3.8) is 0 Å². The van der Waals surface area contributed by atoms with Gasteiger partial charge in [0.25, 0.3) is 5.91 Å². The first kappa shape index (κ1) is 16.6. The van der Waals surface area contributed by atoms with Gasteiger partial charge in [0, 0.05) is 15.7 Å². The maximum absolute atomic E-state index is 13.3. The predicted molar refractivity (Wildman–Crippen MR) is 85.3 cm³/mol. The first-order valence-corrected chi connectivity index (χ1v) is 8.61. The Morgan fingerprint density at radius 3 is 2.59 bits per heavy atom. The van der Waals surface area contributed by atoms with Gasteiger partial charge < -0.3 is 5.32 Å². The van der Waals surface area contributed by atoms with E-state index in [-0.39, 0.29) is 11.3 Å². The molecule has 0 atom stereocenters. The molecule has 0 spiro atoms. The molecule has 8 heteroatoms. The Hall–Kier alpha value is -1.77. The van der Waals surface area contributed by atoms with Gasteiger partial charge in [-0.1, -0.05) is 28.1 Å². The van der Waals surface area contributed by atoms with Crippen LogP contribution in [0.25, 0.3) is 0 Å². The van der Waals surface area contributed by atoms with Crippen LogP contribution in [0.1, 0.15) is 15.9 Å². The number of nitrogens with two attached hydrogens (primary N) is 1. The molecular formula is C14H12BrFN2O3S. The molecule has 0 radical (unpaired) electrons. The van der Waals surface area contributed by atoms with Gasteiger partial charge in [0.15, 0.2) is 0 Å². The number of amides is 1. The Morgan fingerprint density at radius 1 is 1.23 bits per heavy atom. The van der Waals surface area contributed by atoms with E-state index in [0.717, 1.165) is 6.07 Å². The average Bonchev–Trinajstić information content (AvgIpc) is 2.35. The lowest BCUT2D eigenvalue weighted by Crippen LogP contribution is -2.15. The van der Waals surface area contributed by atoms with Crippen LogP contribution in [-0.4, -0.2) is 14.3 Å². The highest BCUT2D eigenvalue weighted by Crippen LogP contribution is 2.17. The molecule has 0 aliphatic rings. The molecule has 116 valence electrons. The van der Waals surface area contributed by atoms with E-state index in [1.165, 1.54) is 18.2 Å². The van der Waals surface area contributed by atoms with Crippen molar-refractivity contribution in [1.82, 2.24) is 0 Å². The van der Waals surface area contributed by atoms with Crippen LogP contribution in [0.15, 0.2) is 46.9 Å². The number of hydrogen-bond donors (Lipinski definition) is 2. The van der Waals surface area contributed by atoms with Crippen molar-refractivity contribution in [2.45, 2.75) is 5.75 Å². The number of carbonyl (C=O) groups is 1. The van der Waals surface area contributed by atoms with E-state index >= 15 is 0 Å². The molecule has 0 bridgehead atoms. The summed E-state index contributed by atoms with van der Waals surface area (Å²) in [6, 6.07) is 10.1. The van der Waals surface area contributed by atoms with Crippen LogP contribution in [0.3, 0.4) is 0 Å². The average molecular weight is 387 g/mol. The minimum Gasteiger partial charge on any atom is -0.322 e. The quantitative estimate of drug-likeness (QED) is 0.845. The smallest absolute Gasteiger partial charge is 0.255 e. The normalized spacial score (nSPS) is 11.2. The summed E-state index contributed by atoms with van der Waals surface area (Å²) in [4.78, 5) is 12.1.